The molecule has 3 aromatic heterocycles. The van der Waals surface area contributed by atoms with Crippen molar-refractivity contribution in [2.45, 2.75) is 59.0 Å². The van der Waals surface area contributed by atoms with Crippen LogP contribution < -0.4 is 10.9 Å². The number of rotatable bonds is 8. The second kappa shape index (κ2) is 9.01. The van der Waals surface area contributed by atoms with Crippen LogP contribution in [0.1, 0.15) is 56.1 Å². The van der Waals surface area contributed by atoms with Crippen LogP contribution in [0, 0.1) is 6.92 Å². The largest absolute Gasteiger partial charge is 0.352 e. The predicted molar refractivity (Wildman–Crippen MR) is 124 cm³/mol. The molecular formula is C23H27N5O2S. The van der Waals surface area contributed by atoms with Gasteiger partial charge in [0.15, 0.2) is 0 Å². The summed E-state index contributed by atoms with van der Waals surface area (Å²) in [6.45, 7) is 6.65. The first-order valence-corrected chi connectivity index (χ1v) is 11.6. The third-order valence-electron chi connectivity index (χ3n) is 5.67. The highest BCUT2D eigenvalue weighted by atomic mass is 32.1. The van der Waals surface area contributed by atoms with Crippen LogP contribution >= 0.6 is 11.3 Å². The van der Waals surface area contributed by atoms with Gasteiger partial charge < -0.3 is 5.32 Å². The normalized spacial score (nSPS) is 12.5. The van der Waals surface area contributed by atoms with Crippen molar-refractivity contribution >= 4 is 33.2 Å². The first-order valence-electron chi connectivity index (χ1n) is 10.7. The minimum atomic E-state index is -0.0127. The first kappa shape index (κ1) is 21.2. The number of fused-ring (bicyclic) bond motifs is 3. The molecule has 0 fully saturated rings. The second-order valence-corrected chi connectivity index (χ2v) is 8.85. The molecule has 0 aliphatic rings. The number of aromatic nitrogens is 4. The van der Waals surface area contributed by atoms with Crippen LogP contribution in [-0.2, 0) is 17.8 Å². The van der Waals surface area contributed by atoms with Crippen LogP contribution in [0.2, 0.25) is 0 Å². The Labute approximate surface area is 184 Å². The van der Waals surface area contributed by atoms with Gasteiger partial charge in [-0.15, -0.1) is 21.5 Å². The molecule has 0 unspecified atom stereocenters. The Balaban J connectivity index is 1.48. The fourth-order valence-electron chi connectivity index (χ4n) is 3.69. The van der Waals surface area contributed by atoms with Gasteiger partial charge in [-0.05, 0) is 43.7 Å². The minimum Gasteiger partial charge on any atom is -0.352 e. The molecule has 0 saturated carbocycles. The molecule has 4 aromatic rings. The number of aryl methyl sites for hydroxylation is 2. The van der Waals surface area contributed by atoms with E-state index in [0.717, 1.165) is 23.3 Å². The molecule has 162 valence electrons. The number of benzene rings is 1. The maximum Gasteiger partial charge on any atom is 0.273 e. The van der Waals surface area contributed by atoms with Crippen LogP contribution in [-0.4, -0.2) is 25.1 Å². The summed E-state index contributed by atoms with van der Waals surface area (Å²) in [5.41, 5.74) is 3.12. The highest BCUT2D eigenvalue weighted by Crippen LogP contribution is 2.23. The van der Waals surface area contributed by atoms with Gasteiger partial charge in [-0.2, -0.15) is 0 Å². The zero-order valence-electron chi connectivity index (χ0n) is 18.1. The Bertz CT molecular complexity index is 1270. The Morgan fingerprint density at radius 2 is 1.97 bits per heavy atom. The smallest absolute Gasteiger partial charge is 0.273 e. The van der Waals surface area contributed by atoms with E-state index >= 15 is 0 Å². The summed E-state index contributed by atoms with van der Waals surface area (Å²) in [7, 11) is 0. The summed E-state index contributed by atoms with van der Waals surface area (Å²) in [5, 5.41) is 13.6. The van der Waals surface area contributed by atoms with Crippen LogP contribution in [0.5, 0.6) is 0 Å². The van der Waals surface area contributed by atoms with Gasteiger partial charge in [0.25, 0.3) is 5.56 Å². The van der Waals surface area contributed by atoms with Crippen LogP contribution in [0.3, 0.4) is 0 Å². The quantitative estimate of drug-likeness (QED) is 0.451. The summed E-state index contributed by atoms with van der Waals surface area (Å²) in [4.78, 5) is 25.2. The highest BCUT2D eigenvalue weighted by molar-refractivity contribution is 7.17. The summed E-state index contributed by atoms with van der Waals surface area (Å²) in [5.74, 6) is 1.37. The number of hydrogen-bond donors (Lipinski definition) is 1. The zero-order valence-corrected chi connectivity index (χ0v) is 18.9. The second-order valence-electron chi connectivity index (χ2n) is 7.93. The van der Waals surface area contributed by atoms with Gasteiger partial charge in [-0.3, -0.25) is 18.6 Å². The van der Waals surface area contributed by atoms with E-state index in [1.54, 1.807) is 4.57 Å². The Morgan fingerprint density at radius 1 is 1.19 bits per heavy atom. The monoisotopic (exact) mass is 437 g/mol. The molecular weight excluding hydrogens is 410 g/mol. The number of hydrogen-bond acceptors (Lipinski definition) is 5. The lowest BCUT2D eigenvalue weighted by atomic mass is 10.1. The van der Waals surface area contributed by atoms with Crippen molar-refractivity contribution in [3.63, 3.8) is 0 Å². The van der Waals surface area contributed by atoms with Crippen molar-refractivity contribution in [3.8, 4) is 0 Å². The molecule has 0 saturated heterocycles. The standard InChI is InChI=1S/C23H27N5O2S/c1-4-16(3)27-22(30)21-18(12-13-31-21)28-19(25-26-23(27)28)6-5-7-20(29)24-14-17-10-8-15(2)9-11-17/h8-13,16H,4-7,14H2,1-3H3,(H,24,29)/t16-/m0/s1. The molecule has 0 spiro atoms. The third kappa shape index (κ3) is 4.25. The number of nitrogens with zero attached hydrogens (tertiary/aromatic N) is 4. The molecule has 3 heterocycles. The lowest BCUT2D eigenvalue weighted by Crippen LogP contribution is -2.25. The van der Waals surface area contributed by atoms with E-state index in [0.29, 0.717) is 36.3 Å². The first-order chi connectivity index (χ1) is 15.0. The number of amides is 1. The van der Waals surface area contributed by atoms with Crippen LogP contribution in [0.4, 0.5) is 0 Å². The molecule has 1 amide bonds. The van der Waals surface area contributed by atoms with E-state index in [2.05, 4.69) is 22.4 Å². The van der Waals surface area contributed by atoms with E-state index in [1.165, 1.54) is 16.9 Å². The molecule has 31 heavy (non-hydrogen) atoms. The van der Waals surface area contributed by atoms with Crippen molar-refractivity contribution in [1.82, 2.24) is 24.5 Å². The summed E-state index contributed by atoms with van der Waals surface area (Å²) < 4.78 is 4.43. The van der Waals surface area contributed by atoms with Crippen molar-refractivity contribution < 1.29 is 4.79 Å². The zero-order chi connectivity index (χ0) is 22.0. The van der Waals surface area contributed by atoms with E-state index in [1.807, 2.05) is 54.0 Å². The van der Waals surface area contributed by atoms with Gasteiger partial charge >= 0.3 is 0 Å². The molecule has 7 nitrogen and oxygen atoms in total. The topological polar surface area (TPSA) is 81.3 Å². The van der Waals surface area contributed by atoms with Gasteiger partial charge in [0.2, 0.25) is 11.7 Å². The van der Waals surface area contributed by atoms with Gasteiger partial charge in [0.05, 0.1) is 5.52 Å². The Kier molecular flexibility index (Phi) is 6.18. The number of carbonyl (C=O) groups is 1. The van der Waals surface area contributed by atoms with Gasteiger partial charge in [0.1, 0.15) is 10.5 Å². The van der Waals surface area contributed by atoms with Gasteiger partial charge in [-0.1, -0.05) is 36.8 Å². The molecule has 1 N–H and O–H groups in total. The minimum absolute atomic E-state index is 0.0127. The molecule has 1 atom stereocenters. The summed E-state index contributed by atoms with van der Waals surface area (Å²) >= 11 is 1.44. The molecule has 1 aromatic carbocycles. The van der Waals surface area contributed by atoms with Crippen molar-refractivity contribution in [3.05, 3.63) is 63.0 Å². The fraction of sp³-hybridized carbons (Fsp3) is 0.391. The van der Waals surface area contributed by atoms with Gasteiger partial charge in [0, 0.05) is 25.4 Å². The van der Waals surface area contributed by atoms with Gasteiger partial charge in [-0.25, -0.2) is 0 Å². The number of thiophene rings is 1. The van der Waals surface area contributed by atoms with E-state index in [9.17, 15) is 9.59 Å². The lowest BCUT2D eigenvalue weighted by molar-refractivity contribution is -0.121. The van der Waals surface area contributed by atoms with Crippen molar-refractivity contribution in [2.24, 2.45) is 0 Å². The third-order valence-corrected chi connectivity index (χ3v) is 6.56. The molecule has 0 aliphatic carbocycles. The highest BCUT2D eigenvalue weighted by Gasteiger charge is 2.19. The molecule has 0 bridgehead atoms. The number of carbonyl (C=O) groups excluding carboxylic acids is 1. The lowest BCUT2D eigenvalue weighted by Gasteiger charge is -2.14. The molecule has 8 heteroatoms. The Hall–Kier alpha value is -3.00. The fourth-order valence-corrected chi connectivity index (χ4v) is 4.50. The summed E-state index contributed by atoms with van der Waals surface area (Å²) in [6.07, 6.45) is 2.52. The molecule has 0 radical (unpaired) electrons. The average Bonchev–Trinajstić information content (AvgIpc) is 3.41. The van der Waals surface area contributed by atoms with E-state index in [-0.39, 0.29) is 17.5 Å². The predicted octanol–water partition coefficient (Wildman–Crippen LogP) is 4.02. The molecule has 4 rings (SSSR count). The SMILES string of the molecule is CC[C@H](C)n1c(=O)c2sccc2n2c(CCCC(=O)NCc3ccc(C)cc3)nnc12. The molecule has 0 aliphatic heterocycles. The number of nitrogens with one attached hydrogen (secondary N) is 1. The van der Waals surface area contributed by atoms with Crippen molar-refractivity contribution in [2.75, 3.05) is 0 Å². The van der Waals surface area contributed by atoms with E-state index < -0.39 is 0 Å². The average molecular weight is 438 g/mol. The maximum atomic E-state index is 13.0. The van der Waals surface area contributed by atoms with Crippen LogP contribution in [0.25, 0.3) is 16.0 Å². The van der Waals surface area contributed by atoms with Crippen LogP contribution in [0.15, 0.2) is 40.5 Å². The Morgan fingerprint density at radius 3 is 2.71 bits per heavy atom. The summed E-state index contributed by atoms with van der Waals surface area (Å²) in [6, 6.07) is 10.1. The van der Waals surface area contributed by atoms with E-state index in [4.69, 9.17) is 0 Å². The van der Waals surface area contributed by atoms with Crippen molar-refractivity contribution in [1.29, 1.82) is 0 Å². The maximum absolute atomic E-state index is 13.0.